The first-order valence-corrected chi connectivity index (χ1v) is 6.77. The second-order valence-corrected chi connectivity index (χ2v) is 5.34. The van der Waals surface area contributed by atoms with Crippen LogP contribution in [0.3, 0.4) is 0 Å². The molecule has 0 aromatic carbocycles. The molecule has 0 aromatic rings. The summed E-state index contributed by atoms with van der Waals surface area (Å²) in [5.41, 5.74) is 0. The molecule has 5 heteroatoms. The van der Waals surface area contributed by atoms with Crippen LogP contribution in [0.1, 0.15) is 44.9 Å². The van der Waals surface area contributed by atoms with Crippen molar-refractivity contribution in [2.45, 2.75) is 57.2 Å². The Morgan fingerprint density at radius 1 is 1.11 bits per heavy atom. The van der Waals surface area contributed by atoms with Crippen LogP contribution in [0.2, 0.25) is 0 Å². The number of carbonyl (C=O) groups is 2. The van der Waals surface area contributed by atoms with Crippen molar-refractivity contribution < 1.29 is 19.1 Å². The fourth-order valence-electron chi connectivity index (χ4n) is 3.04. The van der Waals surface area contributed by atoms with Gasteiger partial charge in [0.25, 0.3) is 0 Å². The lowest BCUT2D eigenvalue weighted by atomic mass is 9.86. The van der Waals surface area contributed by atoms with Gasteiger partial charge < -0.3 is 10.0 Å². The molecule has 1 N–H and O–H groups in total. The average Bonchev–Trinajstić information content (AvgIpc) is 2.38. The summed E-state index contributed by atoms with van der Waals surface area (Å²) in [5, 5.41) is 9.14. The van der Waals surface area contributed by atoms with Gasteiger partial charge in [0, 0.05) is 12.5 Å². The van der Waals surface area contributed by atoms with Gasteiger partial charge in [-0.3, -0.25) is 4.79 Å². The van der Waals surface area contributed by atoms with E-state index in [1.54, 1.807) is 0 Å². The number of piperidine rings is 1. The highest BCUT2D eigenvalue weighted by Gasteiger charge is 2.37. The Bertz CT molecular complexity index is 334. The first kappa shape index (κ1) is 13.3. The van der Waals surface area contributed by atoms with Crippen LogP contribution in [0.15, 0.2) is 0 Å². The molecule has 1 saturated heterocycles. The molecule has 1 aliphatic heterocycles. The van der Waals surface area contributed by atoms with Crippen molar-refractivity contribution in [3.8, 4) is 0 Å². The molecule has 2 fully saturated rings. The van der Waals surface area contributed by atoms with Crippen LogP contribution < -0.4 is 0 Å². The third kappa shape index (κ3) is 2.82. The monoisotopic (exact) mass is 257 g/mol. The summed E-state index contributed by atoms with van der Waals surface area (Å²) in [6.45, 7) is 0.503. The zero-order valence-electron chi connectivity index (χ0n) is 10.5. The number of nitrogens with zero attached hydrogens (tertiary/aromatic N) is 1. The number of carbonyl (C=O) groups excluding carboxylic acids is 1. The predicted molar refractivity (Wildman–Crippen MR) is 63.8 cm³/mol. The fraction of sp³-hybridized carbons (Fsp3) is 0.846. The Morgan fingerprint density at radius 3 is 2.56 bits per heavy atom. The van der Waals surface area contributed by atoms with Crippen molar-refractivity contribution in [3.05, 3.63) is 0 Å². The Kier molecular flexibility index (Phi) is 4.19. The molecule has 2 aliphatic rings. The molecule has 2 rings (SSSR count). The maximum Gasteiger partial charge on any atom is 0.326 e. The molecular formula is C13H20FNO3. The maximum atomic E-state index is 13.3. The second-order valence-electron chi connectivity index (χ2n) is 5.34. The van der Waals surface area contributed by atoms with Crippen molar-refractivity contribution in [2.24, 2.45) is 5.92 Å². The minimum absolute atomic E-state index is 0.149. The second kappa shape index (κ2) is 5.67. The highest BCUT2D eigenvalue weighted by atomic mass is 19.1. The van der Waals surface area contributed by atoms with E-state index in [4.69, 9.17) is 5.11 Å². The average molecular weight is 257 g/mol. The van der Waals surface area contributed by atoms with Gasteiger partial charge >= 0.3 is 5.97 Å². The number of aliphatic carboxylic acids is 1. The molecule has 0 spiro atoms. The third-order valence-electron chi connectivity index (χ3n) is 4.03. The number of likely N-dealkylation sites (tertiary alicyclic amines) is 1. The Labute approximate surface area is 106 Å². The predicted octanol–water partition coefficient (Wildman–Crippen LogP) is 1.98. The van der Waals surface area contributed by atoms with Crippen LogP contribution in [-0.2, 0) is 9.59 Å². The first-order valence-electron chi connectivity index (χ1n) is 6.77. The molecule has 1 amide bonds. The lowest BCUT2D eigenvalue weighted by Crippen LogP contribution is -2.50. The highest BCUT2D eigenvalue weighted by molar-refractivity contribution is 5.85. The molecule has 3 unspecified atom stereocenters. The molecule has 4 nitrogen and oxygen atoms in total. The largest absolute Gasteiger partial charge is 0.480 e. The minimum atomic E-state index is -0.935. The van der Waals surface area contributed by atoms with Crippen LogP contribution in [0.5, 0.6) is 0 Å². The molecule has 3 atom stereocenters. The molecule has 102 valence electrons. The summed E-state index contributed by atoms with van der Waals surface area (Å²) in [6.07, 6.45) is 3.53. The van der Waals surface area contributed by atoms with Crippen LogP contribution in [-0.4, -0.2) is 40.6 Å². The summed E-state index contributed by atoms with van der Waals surface area (Å²) in [6, 6.07) is -0.703. The number of alkyl halides is 1. The summed E-state index contributed by atoms with van der Waals surface area (Å²) in [7, 11) is 0. The SMILES string of the molecule is O=C(O)C1CCCCN1C(=O)C1CCCC(F)C1. The van der Waals surface area contributed by atoms with Gasteiger partial charge in [0.1, 0.15) is 12.2 Å². The zero-order chi connectivity index (χ0) is 13.1. The van der Waals surface area contributed by atoms with Gasteiger partial charge in [0.05, 0.1) is 0 Å². The maximum absolute atomic E-state index is 13.3. The van der Waals surface area contributed by atoms with Gasteiger partial charge in [0.2, 0.25) is 5.91 Å². The van der Waals surface area contributed by atoms with E-state index in [0.717, 1.165) is 19.3 Å². The number of halogens is 1. The molecule has 1 heterocycles. The summed E-state index contributed by atoms with van der Waals surface area (Å²) < 4.78 is 13.3. The number of carboxylic acids is 1. The van der Waals surface area contributed by atoms with E-state index in [0.29, 0.717) is 25.8 Å². The van der Waals surface area contributed by atoms with Crippen molar-refractivity contribution >= 4 is 11.9 Å². The van der Waals surface area contributed by atoms with E-state index in [2.05, 4.69) is 0 Å². The molecule has 0 aromatic heterocycles. The van der Waals surface area contributed by atoms with Gasteiger partial charge in [-0.05, 0) is 44.9 Å². The zero-order valence-corrected chi connectivity index (χ0v) is 10.5. The van der Waals surface area contributed by atoms with Crippen molar-refractivity contribution in [2.75, 3.05) is 6.54 Å². The molecule has 1 aliphatic carbocycles. The highest BCUT2D eigenvalue weighted by Crippen LogP contribution is 2.30. The van der Waals surface area contributed by atoms with Crippen LogP contribution in [0.4, 0.5) is 4.39 Å². The Balaban J connectivity index is 2.03. The number of hydrogen-bond donors (Lipinski definition) is 1. The molecular weight excluding hydrogens is 237 g/mol. The van der Waals surface area contributed by atoms with E-state index in [1.807, 2.05) is 0 Å². The van der Waals surface area contributed by atoms with Gasteiger partial charge in [0.15, 0.2) is 0 Å². The van der Waals surface area contributed by atoms with Gasteiger partial charge in [-0.1, -0.05) is 0 Å². The van der Waals surface area contributed by atoms with Crippen LogP contribution >= 0.6 is 0 Å². The van der Waals surface area contributed by atoms with Crippen molar-refractivity contribution in [3.63, 3.8) is 0 Å². The van der Waals surface area contributed by atoms with E-state index in [9.17, 15) is 14.0 Å². The number of rotatable bonds is 2. The number of amides is 1. The van der Waals surface area contributed by atoms with E-state index >= 15 is 0 Å². The van der Waals surface area contributed by atoms with Crippen LogP contribution in [0, 0.1) is 5.92 Å². The normalized spacial score (nSPS) is 33.2. The summed E-state index contributed by atoms with van der Waals surface area (Å²) in [4.78, 5) is 24.9. The topological polar surface area (TPSA) is 57.6 Å². The quantitative estimate of drug-likeness (QED) is 0.823. The number of hydrogen-bond acceptors (Lipinski definition) is 2. The van der Waals surface area contributed by atoms with Gasteiger partial charge in [-0.2, -0.15) is 0 Å². The van der Waals surface area contributed by atoms with Crippen molar-refractivity contribution in [1.82, 2.24) is 4.90 Å². The smallest absolute Gasteiger partial charge is 0.326 e. The van der Waals surface area contributed by atoms with E-state index in [1.165, 1.54) is 4.90 Å². The van der Waals surface area contributed by atoms with E-state index < -0.39 is 18.2 Å². The third-order valence-corrected chi connectivity index (χ3v) is 4.03. The lowest BCUT2D eigenvalue weighted by Gasteiger charge is -2.36. The summed E-state index contributed by atoms with van der Waals surface area (Å²) >= 11 is 0. The lowest BCUT2D eigenvalue weighted by molar-refractivity contribution is -0.154. The molecule has 1 saturated carbocycles. The summed E-state index contributed by atoms with van der Waals surface area (Å²) in [5.74, 6) is -1.39. The molecule has 0 radical (unpaired) electrons. The molecule has 18 heavy (non-hydrogen) atoms. The van der Waals surface area contributed by atoms with Crippen LogP contribution in [0.25, 0.3) is 0 Å². The van der Waals surface area contributed by atoms with Crippen molar-refractivity contribution in [1.29, 1.82) is 0 Å². The van der Waals surface area contributed by atoms with Gasteiger partial charge in [-0.25, -0.2) is 9.18 Å². The first-order chi connectivity index (χ1) is 8.59. The Hall–Kier alpha value is -1.13. The number of carboxylic acid groups (broad SMARTS) is 1. The van der Waals surface area contributed by atoms with Gasteiger partial charge in [-0.15, -0.1) is 0 Å². The van der Waals surface area contributed by atoms with E-state index in [-0.39, 0.29) is 18.2 Å². The minimum Gasteiger partial charge on any atom is -0.480 e. The Morgan fingerprint density at radius 2 is 1.89 bits per heavy atom. The fourth-order valence-corrected chi connectivity index (χ4v) is 3.04. The standard InChI is InChI=1S/C13H20FNO3/c14-10-5-3-4-9(8-10)12(16)15-7-2-1-6-11(15)13(17)18/h9-11H,1-8H2,(H,17,18). The molecule has 0 bridgehead atoms.